The second-order valence-corrected chi connectivity index (χ2v) is 6.85. The summed E-state index contributed by atoms with van der Waals surface area (Å²) in [4.78, 5) is 31.3. The molecule has 2 amide bonds. The van der Waals surface area contributed by atoms with Crippen molar-refractivity contribution in [3.63, 3.8) is 0 Å². The van der Waals surface area contributed by atoms with E-state index >= 15 is 0 Å². The van der Waals surface area contributed by atoms with E-state index in [1.165, 1.54) is 0 Å². The van der Waals surface area contributed by atoms with Crippen LogP contribution in [0.3, 0.4) is 0 Å². The predicted molar refractivity (Wildman–Crippen MR) is 101 cm³/mol. The molecule has 0 atom stereocenters. The third-order valence-corrected chi connectivity index (χ3v) is 4.75. The van der Waals surface area contributed by atoms with Crippen LogP contribution in [-0.2, 0) is 0 Å². The molecule has 0 bridgehead atoms. The number of aromatic nitrogens is 1. The molecule has 0 unspecified atom stereocenters. The summed E-state index contributed by atoms with van der Waals surface area (Å²) < 4.78 is 0. The molecule has 2 aromatic rings. The highest BCUT2D eigenvalue weighted by atomic mass is 16.2. The zero-order chi connectivity index (χ0) is 17.9. The minimum atomic E-state index is -0.185. The van der Waals surface area contributed by atoms with Gasteiger partial charge >= 0.3 is 0 Å². The Balaban J connectivity index is 1.45. The molecule has 6 nitrogen and oxygen atoms in total. The van der Waals surface area contributed by atoms with Crippen LogP contribution in [0.2, 0.25) is 0 Å². The summed E-state index contributed by atoms with van der Waals surface area (Å²) in [5, 5.41) is 5.86. The first-order valence-electron chi connectivity index (χ1n) is 9.13. The van der Waals surface area contributed by atoms with Gasteiger partial charge in [-0.2, -0.15) is 0 Å². The van der Waals surface area contributed by atoms with E-state index in [0.29, 0.717) is 22.9 Å². The van der Waals surface area contributed by atoms with Crippen LogP contribution < -0.4 is 15.5 Å². The van der Waals surface area contributed by atoms with Gasteiger partial charge in [0.25, 0.3) is 11.8 Å². The van der Waals surface area contributed by atoms with Crippen molar-refractivity contribution in [2.45, 2.75) is 31.7 Å². The van der Waals surface area contributed by atoms with Gasteiger partial charge in [-0.25, -0.2) is 4.98 Å². The first kappa shape index (κ1) is 16.6. The Bertz CT molecular complexity index is 809. The van der Waals surface area contributed by atoms with Crippen molar-refractivity contribution in [1.29, 1.82) is 0 Å². The number of pyridine rings is 1. The van der Waals surface area contributed by atoms with Crippen molar-refractivity contribution in [1.82, 2.24) is 10.3 Å². The van der Waals surface area contributed by atoms with E-state index in [4.69, 9.17) is 0 Å². The summed E-state index contributed by atoms with van der Waals surface area (Å²) in [5.41, 5.74) is 1.84. The van der Waals surface area contributed by atoms with Gasteiger partial charge in [0.2, 0.25) is 0 Å². The van der Waals surface area contributed by atoms with Crippen molar-refractivity contribution in [3.8, 4) is 0 Å². The minimum absolute atomic E-state index is 0.0612. The molecule has 1 aromatic heterocycles. The van der Waals surface area contributed by atoms with Crippen molar-refractivity contribution in [2.24, 2.45) is 0 Å². The van der Waals surface area contributed by atoms with Crippen LogP contribution in [0.25, 0.3) is 0 Å². The fraction of sp³-hybridized carbons (Fsp3) is 0.350. The number of carbonyl (C=O) groups is 2. The van der Waals surface area contributed by atoms with E-state index in [1.807, 2.05) is 0 Å². The molecule has 26 heavy (non-hydrogen) atoms. The van der Waals surface area contributed by atoms with E-state index in [9.17, 15) is 9.59 Å². The zero-order valence-electron chi connectivity index (χ0n) is 14.6. The van der Waals surface area contributed by atoms with Crippen LogP contribution in [0.1, 0.15) is 46.4 Å². The van der Waals surface area contributed by atoms with Gasteiger partial charge in [-0.15, -0.1) is 0 Å². The molecular weight excluding hydrogens is 328 g/mol. The molecule has 0 radical (unpaired) electrons. The fourth-order valence-electron chi connectivity index (χ4n) is 3.15. The van der Waals surface area contributed by atoms with Crippen molar-refractivity contribution >= 4 is 23.3 Å². The molecule has 1 saturated heterocycles. The van der Waals surface area contributed by atoms with Gasteiger partial charge < -0.3 is 15.5 Å². The van der Waals surface area contributed by atoms with E-state index in [-0.39, 0.29) is 11.8 Å². The van der Waals surface area contributed by atoms with Crippen molar-refractivity contribution < 1.29 is 9.59 Å². The summed E-state index contributed by atoms with van der Waals surface area (Å²) in [6, 6.07) is 10.9. The number of rotatable bonds is 5. The topological polar surface area (TPSA) is 74.3 Å². The van der Waals surface area contributed by atoms with Gasteiger partial charge in [0.1, 0.15) is 5.82 Å². The molecule has 2 heterocycles. The maximum atomic E-state index is 12.7. The molecular formula is C20H22N4O2. The number of carbonyl (C=O) groups excluding carboxylic acids is 2. The first-order chi connectivity index (χ1) is 12.7. The predicted octanol–water partition coefficient (Wildman–Crippen LogP) is 2.83. The molecule has 1 aliphatic heterocycles. The van der Waals surface area contributed by atoms with Crippen LogP contribution >= 0.6 is 0 Å². The summed E-state index contributed by atoms with van der Waals surface area (Å²) in [6.45, 7) is 1.87. The van der Waals surface area contributed by atoms with Crippen molar-refractivity contribution in [2.75, 3.05) is 23.3 Å². The molecule has 2 aliphatic rings. The van der Waals surface area contributed by atoms with Crippen LogP contribution in [0.5, 0.6) is 0 Å². The SMILES string of the molecule is O=C(NC1CC1)c1ccc(NC(=O)c2cccnc2N2CCCC2)cc1. The monoisotopic (exact) mass is 350 g/mol. The average molecular weight is 350 g/mol. The number of hydrogen-bond acceptors (Lipinski definition) is 4. The molecule has 1 aliphatic carbocycles. The highest BCUT2D eigenvalue weighted by Crippen LogP contribution is 2.23. The third-order valence-electron chi connectivity index (χ3n) is 4.75. The molecule has 134 valence electrons. The Hall–Kier alpha value is -2.89. The summed E-state index contributed by atoms with van der Waals surface area (Å²) in [6.07, 6.45) is 6.09. The standard InChI is InChI=1S/C20H22N4O2/c25-19(22-16-9-10-16)14-5-7-15(8-6-14)23-20(26)17-4-3-11-21-18(17)24-12-1-2-13-24/h3-8,11,16H,1-2,9-10,12-13H2,(H,22,25)(H,23,26). The van der Waals surface area contributed by atoms with Gasteiger partial charge in [0, 0.05) is 36.6 Å². The minimum Gasteiger partial charge on any atom is -0.356 e. The van der Waals surface area contributed by atoms with E-state index < -0.39 is 0 Å². The van der Waals surface area contributed by atoms with Crippen LogP contribution in [0.15, 0.2) is 42.6 Å². The Labute approximate surface area is 152 Å². The molecule has 1 aromatic carbocycles. The van der Waals surface area contributed by atoms with Gasteiger partial charge in [-0.1, -0.05) is 0 Å². The molecule has 0 spiro atoms. The normalized spacial score (nSPS) is 16.4. The number of hydrogen-bond donors (Lipinski definition) is 2. The van der Waals surface area contributed by atoms with Gasteiger partial charge in [-0.05, 0) is 62.1 Å². The quantitative estimate of drug-likeness (QED) is 0.870. The van der Waals surface area contributed by atoms with Gasteiger partial charge in [0.05, 0.1) is 5.56 Å². The summed E-state index contributed by atoms with van der Waals surface area (Å²) in [5.74, 6) is 0.493. The van der Waals surface area contributed by atoms with Gasteiger partial charge in [0.15, 0.2) is 0 Å². The second kappa shape index (κ2) is 7.15. The molecule has 2 fully saturated rings. The van der Waals surface area contributed by atoms with Crippen molar-refractivity contribution in [3.05, 3.63) is 53.7 Å². The first-order valence-corrected chi connectivity index (χ1v) is 9.13. The molecule has 4 rings (SSSR count). The third kappa shape index (κ3) is 3.69. The maximum Gasteiger partial charge on any atom is 0.259 e. The van der Waals surface area contributed by atoms with E-state index in [2.05, 4.69) is 20.5 Å². The highest BCUT2D eigenvalue weighted by Gasteiger charge is 2.24. The number of anilines is 2. The fourth-order valence-corrected chi connectivity index (χ4v) is 3.15. The Morgan fingerprint density at radius 2 is 1.73 bits per heavy atom. The lowest BCUT2D eigenvalue weighted by Crippen LogP contribution is -2.25. The number of nitrogens with zero attached hydrogens (tertiary/aromatic N) is 2. The molecule has 2 N–H and O–H groups in total. The van der Waals surface area contributed by atoms with Gasteiger partial charge in [-0.3, -0.25) is 9.59 Å². The smallest absolute Gasteiger partial charge is 0.259 e. The molecule has 6 heteroatoms. The number of amides is 2. The summed E-state index contributed by atoms with van der Waals surface area (Å²) >= 11 is 0. The highest BCUT2D eigenvalue weighted by molar-refractivity contribution is 6.07. The largest absolute Gasteiger partial charge is 0.356 e. The lowest BCUT2D eigenvalue weighted by atomic mass is 10.1. The zero-order valence-corrected chi connectivity index (χ0v) is 14.6. The lowest BCUT2D eigenvalue weighted by Gasteiger charge is -2.19. The average Bonchev–Trinajstić information content (AvgIpc) is 3.31. The molecule has 1 saturated carbocycles. The number of benzene rings is 1. The van der Waals surface area contributed by atoms with Crippen LogP contribution in [0, 0.1) is 0 Å². The maximum absolute atomic E-state index is 12.7. The Morgan fingerprint density at radius 3 is 2.42 bits per heavy atom. The second-order valence-electron chi connectivity index (χ2n) is 6.85. The Morgan fingerprint density at radius 1 is 1.00 bits per heavy atom. The Kier molecular flexibility index (Phi) is 4.56. The van der Waals surface area contributed by atoms with Crippen LogP contribution in [-0.4, -0.2) is 35.9 Å². The van der Waals surface area contributed by atoms with Crippen LogP contribution in [0.4, 0.5) is 11.5 Å². The van der Waals surface area contributed by atoms with E-state index in [0.717, 1.165) is 44.6 Å². The number of nitrogens with one attached hydrogen (secondary N) is 2. The van der Waals surface area contributed by atoms with E-state index in [1.54, 1.807) is 42.6 Å². The summed E-state index contributed by atoms with van der Waals surface area (Å²) in [7, 11) is 0. The lowest BCUT2D eigenvalue weighted by molar-refractivity contribution is 0.0950.